The molecule has 0 aliphatic heterocycles. The summed E-state index contributed by atoms with van der Waals surface area (Å²) in [4.78, 5) is 4.38. The van der Waals surface area contributed by atoms with Crippen molar-refractivity contribution in [3.8, 4) is 11.5 Å². The van der Waals surface area contributed by atoms with Gasteiger partial charge in [-0.2, -0.15) is 4.98 Å². The van der Waals surface area contributed by atoms with E-state index in [9.17, 15) is 0 Å². The predicted molar refractivity (Wildman–Crippen MR) is 70.8 cm³/mol. The third kappa shape index (κ3) is 1.76. The van der Waals surface area contributed by atoms with Gasteiger partial charge in [-0.25, -0.2) is 0 Å². The van der Waals surface area contributed by atoms with Gasteiger partial charge in [0, 0.05) is 5.41 Å². The van der Waals surface area contributed by atoms with Crippen LogP contribution >= 0.6 is 23.2 Å². The third-order valence-corrected chi connectivity index (χ3v) is 3.97. The summed E-state index contributed by atoms with van der Waals surface area (Å²) >= 11 is 12.1. The zero-order valence-corrected chi connectivity index (χ0v) is 11.2. The van der Waals surface area contributed by atoms with Crippen molar-refractivity contribution in [2.75, 3.05) is 5.73 Å². The van der Waals surface area contributed by atoms with Gasteiger partial charge >= 0.3 is 0 Å². The van der Waals surface area contributed by atoms with E-state index in [4.69, 9.17) is 33.5 Å². The third-order valence-electron chi connectivity index (χ3n) is 3.32. The number of hydrogen-bond acceptors (Lipinski definition) is 4. The minimum absolute atomic E-state index is 0.0432. The summed E-state index contributed by atoms with van der Waals surface area (Å²) in [5.41, 5.74) is 6.82. The van der Waals surface area contributed by atoms with Gasteiger partial charge in [0.05, 0.1) is 21.3 Å². The Kier molecular flexibility index (Phi) is 2.54. The van der Waals surface area contributed by atoms with E-state index in [0.29, 0.717) is 33.0 Å². The lowest BCUT2D eigenvalue weighted by Gasteiger charge is -2.05. The number of benzene rings is 1. The number of nitrogen functional groups attached to an aromatic ring is 1. The van der Waals surface area contributed by atoms with Crippen LogP contribution in [0.2, 0.25) is 10.0 Å². The Hall–Kier alpha value is -1.26. The second-order valence-corrected chi connectivity index (χ2v) is 5.62. The van der Waals surface area contributed by atoms with Crippen molar-refractivity contribution in [2.45, 2.75) is 25.2 Å². The molecule has 0 amide bonds. The largest absolute Gasteiger partial charge is 0.397 e. The van der Waals surface area contributed by atoms with Gasteiger partial charge in [-0.05, 0) is 25.0 Å². The molecule has 0 saturated heterocycles. The SMILES string of the molecule is CC1(c2noc(-c3c(Cl)ccc(Cl)c3N)n2)CC1. The first kappa shape index (κ1) is 11.8. The van der Waals surface area contributed by atoms with E-state index in [0.717, 1.165) is 12.8 Å². The molecule has 1 aromatic carbocycles. The number of halogens is 2. The molecule has 1 aliphatic carbocycles. The molecule has 0 radical (unpaired) electrons. The van der Waals surface area contributed by atoms with Crippen LogP contribution in [0.15, 0.2) is 16.7 Å². The fourth-order valence-electron chi connectivity index (χ4n) is 1.77. The van der Waals surface area contributed by atoms with Gasteiger partial charge < -0.3 is 10.3 Å². The van der Waals surface area contributed by atoms with Crippen LogP contribution in [0.5, 0.6) is 0 Å². The number of nitrogens with two attached hydrogens (primary N) is 1. The van der Waals surface area contributed by atoms with Crippen molar-refractivity contribution >= 4 is 28.9 Å². The highest BCUT2D eigenvalue weighted by atomic mass is 35.5. The van der Waals surface area contributed by atoms with E-state index >= 15 is 0 Å². The smallest absolute Gasteiger partial charge is 0.261 e. The molecule has 2 N–H and O–H groups in total. The fourth-order valence-corrected chi connectivity index (χ4v) is 2.17. The molecule has 1 fully saturated rings. The molecule has 1 aromatic heterocycles. The summed E-state index contributed by atoms with van der Waals surface area (Å²) < 4.78 is 5.25. The summed E-state index contributed by atoms with van der Waals surface area (Å²) in [7, 11) is 0. The molecule has 1 aliphatic rings. The molecule has 0 unspecified atom stereocenters. The Balaban J connectivity index is 2.10. The van der Waals surface area contributed by atoms with Gasteiger partial charge in [-0.15, -0.1) is 0 Å². The first-order valence-corrected chi connectivity index (χ1v) is 6.35. The summed E-state index contributed by atoms with van der Waals surface area (Å²) in [6, 6.07) is 3.31. The summed E-state index contributed by atoms with van der Waals surface area (Å²) in [5, 5.41) is 4.87. The van der Waals surface area contributed by atoms with Crippen molar-refractivity contribution < 1.29 is 4.52 Å². The minimum Gasteiger partial charge on any atom is -0.397 e. The van der Waals surface area contributed by atoms with Crippen LogP contribution in [0.25, 0.3) is 11.5 Å². The first-order valence-electron chi connectivity index (χ1n) is 5.59. The molecule has 6 heteroatoms. The number of anilines is 1. The highest BCUT2D eigenvalue weighted by Crippen LogP contribution is 2.47. The highest BCUT2D eigenvalue weighted by Gasteiger charge is 2.43. The predicted octanol–water partition coefficient (Wildman–Crippen LogP) is 3.68. The van der Waals surface area contributed by atoms with Crippen LogP contribution in [-0.4, -0.2) is 10.1 Å². The first-order chi connectivity index (χ1) is 8.51. The van der Waals surface area contributed by atoms with Gasteiger partial charge in [0.15, 0.2) is 5.82 Å². The van der Waals surface area contributed by atoms with E-state index in [2.05, 4.69) is 17.1 Å². The Labute approximate surface area is 114 Å². The van der Waals surface area contributed by atoms with Crippen LogP contribution in [0.3, 0.4) is 0 Å². The Morgan fingerprint density at radius 3 is 2.61 bits per heavy atom. The standard InChI is InChI=1S/C12H11Cl2N3O/c1-12(4-5-12)11-16-10(18-17-11)8-6(13)2-3-7(14)9(8)15/h2-3H,4-5,15H2,1H3. The summed E-state index contributed by atoms with van der Waals surface area (Å²) in [6.45, 7) is 2.10. The highest BCUT2D eigenvalue weighted by molar-refractivity contribution is 6.37. The molecular formula is C12H11Cl2N3O. The van der Waals surface area contributed by atoms with E-state index in [-0.39, 0.29) is 5.41 Å². The lowest BCUT2D eigenvalue weighted by Crippen LogP contribution is -2.02. The van der Waals surface area contributed by atoms with Crippen LogP contribution < -0.4 is 5.73 Å². The van der Waals surface area contributed by atoms with E-state index in [1.165, 1.54) is 0 Å². The molecule has 1 heterocycles. The zero-order chi connectivity index (χ0) is 12.9. The quantitative estimate of drug-likeness (QED) is 0.854. The molecule has 2 aromatic rings. The normalized spacial score (nSPS) is 16.8. The molecule has 0 bridgehead atoms. The summed E-state index contributed by atoms with van der Waals surface area (Å²) in [6.07, 6.45) is 2.15. The maximum Gasteiger partial charge on any atom is 0.261 e. The molecule has 94 valence electrons. The Morgan fingerprint density at radius 2 is 1.94 bits per heavy atom. The van der Waals surface area contributed by atoms with Gasteiger partial charge in [-0.1, -0.05) is 35.3 Å². The Morgan fingerprint density at radius 1 is 1.28 bits per heavy atom. The van der Waals surface area contributed by atoms with Gasteiger partial charge in [-0.3, -0.25) is 0 Å². The second kappa shape index (κ2) is 3.87. The van der Waals surface area contributed by atoms with Crippen LogP contribution in [-0.2, 0) is 5.41 Å². The topological polar surface area (TPSA) is 64.9 Å². The average molecular weight is 284 g/mol. The second-order valence-electron chi connectivity index (χ2n) is 4.80. The van der Waals surface area contributed by atoms with Crippen molar-refractivity contribution in [1.82, 2.24) is 10.1 Å². The molecule has 1 saturated carbocycles. The number of nitrogens with zero attached hydrogens (tertiary/aromatic N) is 2. The molecule has 0 spiro atoms. The van der Waals surface area contributed by atoms with E-state index in [1.807, 2.05) is 0 Å². The van der Waals surface area contributed by atoms with E-state index in [1.54, 1.807) is 12.1 Å². The van der Waals surface area contributed by atoms with Crippen LogP contribution in [0, 0.1) is 0 Å². The van der Waals surface area contributed by atoms with Crippen molar-refractivity contribution in [2.24, 2.45) is 0 Å². The van der Waals surface area contributed by atoms with Crippen LogP contribution in [0.4, 0.5) is 5.69 Å². The molecule has 3 rings (SSSR count). The molecule has 4 nitrogen and oxygen atoms in total. The number of aromatic nitrogens is 2. The van der Waals surface area contributed by atoms with Crippen molar-refractivity contribution in [1.29, 1.82) is 0 Å². The molecular weight excluding hydrogens is 273 g/mol. The van der Waals surface area contributed by atoms with Crippen molar-refractivity contribution in [3.63, 3.8) is 0 Å². The lowest BCUT2D eigenvalue weighted by atomic mass is 10.1. The Bertz CT molecular complexity index is 620. The lowest BCUT2D eigenvalue weighted by molar-refractivity contribution is 0.416. The van der Waals surface area contributed by atoms with Crippen molar-refractivity contribution in [3.05, 3.63) is 28.0 Å². The number of hydrogen-bond donors (Lipinski definition) is 1. The zero-order valence-electron chi connectivity index (χ0n) is 9.70. The molecule has 0 atom stereocenters. The van der Waals surface area contributed by atoms with Crippen LogP contribution in [0.1, 0.15) is 25.6 Å². The summed E-state index contributed by atoms with van der Waals surface area (Å²) in [5.74, 6) is 1.02. The van der Waals surface area contributed by atoms with Gasteiger partial charge in [0.25, 0.3) is 5.89 Å². The average Bonchev–Trinajstić information content (AvgIpc) is 2.90. The van der Waals surface area contributed by atoms with Gasteiger partial charge in [0.1, 0.15) is 0 Å². The van der Waals surface area contributed by atoms with E-state index < -0.39 is 0 Å². The number of rotatable bonds is 2. The maximum absolute atomic E-state index is 6.11. The van der Waals surface area contributed by atoms with Gasteiger partial charge in [0.2, 0.25) is 0 Å². The fraction of sp³-hybridized carbons (Fsp3) is 0.333. The monoisotopic (exact) mass is 283 g/mol. The molecule has 18 heavy (non-hydrogen) atoms. The minimum atomic E-state index is 0.0432. The maximum atomic E-state index is 6.11.